The summed E-state index contributed by atoms with van der Waals surface area (Å²) in [5, 5.41) is 4.17. The summed E-state index contributed by atoms with van der Waals surface area (Å²) in [5.74, 6) is 1.36. The van der Waals surface area contributed by atoms with Gasteiger partial charge < -0.3 is 14.2 Å². The fraction of sp³-hybridized carbons (Fsp3) is 0.333. The van der Waals surface area contributed by atoms with Gasteiger partial charge >= 0.3 is 0 Å². The predicted molar refractivity (Wildman–Crippen MR) is 103 cm³/mol. The molecule has 0 fully saturated rings. The zero-order valence-corrected chi connectivity index (χ0v) is 16.2. The molecule has 7 nitrogen and oxygen atoms in total. The van der Waals surface area contributed by atoms with Crippen molar-refractivity contribution >= 4 is 5.91 Å². The van der Waals surface area contributed by atoms with Gasteiger partial charge in [-0.25, -0.2) is 4.98 Å². The molecule has 0 aliphatic carbocycles. The summed E-state index contributed by atoms with van der Waals surface area (Å²) in [7, 11) is 0. The number of pyridine rings is 2. The van der Waals surface area contributed by atoms with Gasteiger partial charge in [0.25, 0.3) is 0 Å². The van der Waals surface area contributed by atoms with Crippen molar-refractivity contribution in [3.05, 3.63) is 58.7 Å². The molecule has 1 aliphatic heterocycles. The van der Waals surface area contributed by atoms with Crippen LogP contribution in [0.1, 0.15) is 35.1 Å². The molecule has 3 aromatic heterocycles. The molecule has 3 aromatic rings. The zero-order chi connectivity index (χ0) is 19.7. The molecule has 144 valence electrons. The lowest BCUT2D eigenvalue weighted by Crippen LogP contribution is -2.34. The number of rotatable bonds is 4. The van der Waals surface area contributed by atoms with E-state index in [1.54, 1.807) is 19.3 Å². The highest BCUT2D eigenvalue weighted by molar-refractivity contribution is 5.73. The predicted octanol–water partition coefficient (Wildman–Crippen LogP) is 3.23. The van der Waals surface area contributed by atoms with E-state index >= 15 is 0 Å². The van der Waals surface area contributed by atoms with Crippen molar-refractivity contribution in [2.75, 3.05) is 6.54 Å². The van der Waals surface area contributed by atoms with Crippen LogP contribution < -0.4 is 4.74 Å². The maximum Gasteiger partial charge on any atom is 0.219 e. The van der Waals surface area contributed by atoms with E-state index in [4.69, 9.17) is 9.26 Å². The number of amides is 1. The van der Waals surface area contributed by atoms with Crippen LogP contribution in [0.15, 0.2) is 35.1 Å². The zero-order valence-electron chi connectivity index (χ0n) is 16.2. The normalized spacial score (nSPS) is 13.3. The highest BCUT2D eigenvalue weighted by atomic mass is 16.5. The van der Waals surface area contributed by atoms with Gasteiger partial charge in [0.2, 0.25) is 11.8 Å². The molecule has 0 bridgehead atoms. The van der Waals surface area contributed by atoms with Crippen LogP contribution in [0, 0.1) is 13.8 Å². The first kappa shape index (κ1) is 18.2. The van der Waals surface area contributed by atoms with Crippen molar-refractivity contribution in [1.29, 1.82) is 0 Å². The van der Waals surface area contributed by atoms with Gasteiger partial charge in [-0.05, 0) is 43.5 Å². The van der Waals surface area contributed by atoms with E-state index in [-0.39, 0.29) is 5.91 Å². The third-order valence-corrected chi connectivity index (χ3v) is 5.05. The van der Waals surface area contributed by atoms with Crippen LogP contribution in [-0.4, -0.2) is 32.5 Å². The molecule has 1 amide bonds. The van der Waals surface area contributed by atoms with Gasteiger partial charge in [-0.1, -0.05) is 5.16 Å². The topological polar surface area (TPSA) is 81.4 Å². The van der Waals surface area contributed by atoms with Crippen molar-refractivity contribution < 1.29 is 14.1 Å². The third kappa shape index (κ3) is 3.60. The number of hydrogen-bond donors (Lipinski definition) is 0. The Hall–Kier alpha value is -3.22. The van der Waals surface area contributed by atoms with Gasteiger partial charge in [0.05, 0.1) is 5.56 Å². The van der Waals surface area contributed by atoms with Crippen LogP contribution in [0.2, 0.25) is 0 Å². The summed E-state index contributed by atoms with van der Waals surface area (Å²) in [5.41, 5.74) is 5.70. The smallest absolute Gasteiger partial charge is 0.219 e. The molecular weight excluding hydrogens is 356 g/mol. The van der Waals surface area contributed by atoms with Crippen LogP contribution >= 0.6 is 0 Å². The quantitative estimate of drug-likeness (QED) is 0.693. The molecule has 1 aliphatic rings. The van der Waals surface area contributed by atoms with E-state index in [2.05, 4.69) is 15.1 Å². The summed E-state index contributed by atoms with van der Waals surface area (Å²) < 4.78 is 11.3. The van der Waals surface area contributed by atoms with Gasteiger partial charge in [0.15, 0.2) is 0 Å². The molecule has 4 rings (SSSR count). The van der Waals surface area contributed by atoms with E-state index in [1.165, 1.54) is 5.56 Å². The van der Waals surface area contributed by atoms with Crippen molar-refractivity contribution in [3.8, 4) is 17.1 Å². The average Bonchev–Trinajstić information content (AvgIpc) is 3.06. The lowest BCUT2D eigenvalue weighted by atomic mass is 10.0. The van der Waals surface area contributed by atoms with E-state index in [9.17, 15) is 4.79 Å². The van der Waals surface area contributed by atoms with Crippen molar-refractivity contribution in [2.24, 2.45) is 0 Å². The molecule has 7 heteroatoms. The second kappa shape index (κ2) is 7.42. The Kier molecular flexibility index (Phi) is 4.81. The second-order valence-corrected chi connectivity index (χ2v) is 7.02. The standard InChI is InChI=1S/C21H22N4O3/c1-13-4-5-17(9-22-13)21-19(14(2)28-24-21)12-27-20-8-16-6-7-25(15(3)26)11-18(16)10-23-20/h4-5,8-10H,6-7,11-12H2,1-3H3. The molecular formula is C21H22N4O3. The summed E-state index contributed by atoms with van der Waals surface area (Å²) in [6.45, 7) is 7.04. The van der Waals surface area contributed by atoms with E-state index in [1.807, 2.05) is 36.9 Å². The maximum absolute atomic E-state index is 11.6. The number of aryl methyl sites for hydroxylation is 2. The molecule has 0 saturated heterocycles. The molecule has 0 N–H and O–H groups in total. The summed E-state index contributed by atoms with van der Waals surface area (Å²) in [6, 6.07) is 5.88. The largest absolute Gasteiger partial charge is 0.473 e. The van der Waals surface area contributed by atoms with Crippen molar-refractivity contribution in [3.63, 3.8) is 0 Å². The summed E-state index contributed by atoms with van der Waals surface area (Å²) in [6.07, 6.45) is 4.39. The Labute approximate surface area is 163 Å². The van der Waals surface area contributed by atoms with Crippen molar-refractivity contribution in [2.45, 2.75) is 40.3 Å². The van der Waals surface area contributed by atoms with Crippen LogP contribution in [0.5, 0.6) is 5.88 Å². The lowest BCUT2D eigenvalue weighted by Gasteiger charge is -2.27. The van der Waals surface area contributed by atoms with Crippen LogP contribution in [0.25, 0.3) is 11.3 Å². The molecule has 0 saturated carbocycles. The molecule has 0 aromatic carbocycles. The van der Waals surface area contributed by atoms with Crippen LogP contribution in [0.3, 0.4) is 0 Å². The van der Waals surface area contributed by atoms with Crippen LogP contribution in [-0.2, 0) is 24.4 Å². The van der Waals surface area contributed by atoms with E-state index < -0.39 is 0 Å². The number of hydrogen-bond acceptors (Lipinski definition) is 6. The number of ether oxygens (including phenoxy) is 1. The summed E-state index contributed by atoms with van der Waals surface area (Å²) in [4.78, 5) is 22.1. The van der Waals surface area contributed by atoms with Crippen molar-refractivity contribution in [1.82, 2.24) is 20.0 Å². The number of carbonyl (C=O) groups is 1. The highest BCUT2D eigenvalue weighted by Crippen LogP contribution is 2.27. The lowest BCUT2D eigenvalue weighted by molar-refractivity contribution is -0.129. The Morgan fingerprint density at radius 1 is 1.21 bits per heavy atom. The Morgan fingerprint density at radius 3 is 2.82 bits per heavy atom. The first-order chi connectivity index (χ1) is 13.5. The number of carbonyl (C=O) groups excluding carboxylic acids is 1. The fourth-order valence-corrected chi connectivity index (χ4v) is 3.31. The van der Waals surface area contributed by atoms with Crippen LogP contribution in [0.4, 0.5) is 0 Å². The minimum atomic E-state index is 0.0898. The second-order valence-electron chi connectivity index (χ2n) is 7.02. The SMILES string of the molecule is CC(=O)N1CCc2cc(OCc3c(-c4ccc(C)nc4)noc3C)ncc2C1. The highest BCUT2D eigenvalue weighted by Gasteiger charge is 2.20. The molecule has 0 unspecified atom stereocenters. The minimum Gasteiger partial charge on any atom is -0.473 e. The van der Waals surface area contributed by atoms with E-state index in [0.29, 0.717) is 24.8 Å². The first-order valence-electron chi connectivity index (χ1n) is 9.25. The van der Waals surface area contributed by atoms with Gasteiger partial charge in [-0.3, -0.25) is 9.78 Å². The van der Waals surface area contributed by atoms with Gasteiger partial charge in [-0.15, -0.1) is 0 Å². The average molecular weight is 378 g/mol. The third-order valence-electron chi connectivity index (χ3n) is 5.05. The monoisotopic (exact) mass is 378 g/mol. The fourth-order valence-electron chi connectivity index (χ4n) is 3.31. The molecule has 0 radical (unpaired) electrons. The maximum atomic E-state index is 11.6. The molecule has 28 heavy (non-hydrogen) atoms. The summed E-state index contributed by atoms with van der Waals surface area (Å²) >= 11 is 0. The molecule has 4 heterocycles. The Bertz CT molecular complexity index is 1010. The van der Waals surface area contributed by atoms with E-state index in [0.717, 1.165) is 41.0 Å². The molecule has 0 atom stereocenters. The number of aromatic nitrogens is 3. The Morgan fingerprint density at radius 2 is 2.07 bits per heavy atom. The molecule has 0 spiro atoms. The Balaban J connectivity index is 1.51. The minimum absolute atomic E-state index is 0.0898. The van der Waals surface area contributed by atoms with Gasteiger partial charge in [0.1, 0.15) is 18.1 Å². The number of nitrogens with zero attached hydrogens (tertiary/aromatic N) is 4. The first-order valence-corrected chi connectivity index (χ1v) is 9.25. The van der Waals surface area contributed by atoms with Gasteiger partial charge in [0, 0.05) is 49.7 Å². The number of fused-ring (bicyclic) bond motifs is 1. The van der Waals surface area contributed by atoms with Gasteiger partial charge in [-0.2, -0.15) is 0 Å².